The highest BCUT2D eigenvalue weighted by molar-refractivity contribution is 5.60. The van der Waals surface area contributed by atoms with Crippen molar-refractivity contribution in [3.63, 3.8) is 0 Å². The van der Waals surface area contributed by atoms with Crippen LogP contribution in [0.5, 0.6) is 0 Å². The van der Waals surface area contributed by atoms with Crippen molar-refractivity contribution in [1.82, 2.24) is 0 Å². The minimum atomic E-state index is -0.135. The van der Waals surface area contributed by atoms with E-state index in [0.29, 0.717) is 11.8 Å². The van der Waals surface area contributed by atoms with Crippen LogP contribution in [0.25, 0.3) is 0 Å². The largest absolute Gasteiger partial charge is 0.358 e. The summed E-state index contributed by atoms with van der Waals surface area (Å²) >= 11 is 0. The van der Waals surface area contributed by atoms with Crippen molar-refractivity contribution in [1.29, 1.82) is 0 Å². The van der Waals surface area contributed by atoms with Crippen molar-refractivity contribution in [3.8, 4) is 0 Å². The van der Waals surface area contributed by atoms with E-state index in [1.165, 1.54) is 22.3 Å². The Kier molecular flexibility index (Phi) is 1.50. The first-order chi connectivity index (χ1) is 9.16. The number of benzene rings is 2. The van der Waals surface area contributed by atoms with Gasteiger partial charge < -0.3 is 4.74 Å². The molecule has 4 atom stereocenters. The molecule has 2 heterocycles. The van der Waals surface area contributed by atoms with Crippen LogP contribution in [0.1, 0.15) is 47.9 Å². The zero-order valence-electron chi connectivity index (χ0n) is 11.2. The van der Waals surface area contributed by atoms with Gasteiger partial charge in [-0.2, -0.15) is 0 Å². The SMILES string of the molecule is CC12OC(C)(c3ccccc31)C1c3ccccc3C12. The second-order valence-electron chi connectivity index (χ2n) is 6.45. The van der Waals surface area contributed by atoms with E-state index in [2.05, 4.69) is 62.4 Å². The van der Waals surface area contributed by atoms with E-state index in [1.807, 2.05) is 0 Å². The lowest BCUT2D eigenvalue weighted by Crippen LogP contribution is -2.41. The fraction of sp³-hybridized carbons (Fsp3) is 0.333. The lowest BCUT2D eigenvalue weighted by molar-refractivity contribution is -0.0709. The normalized spacial score (nSPS) is 40.3. The standard InChI is InChI=1S/C18H16O/c1-17-13-9-5-6-10-14(13)18(2,19-17)16-12-8-4-3-7-11(12)15(16)17/h3-10,15-16H,1-2H3. The van der Waals surface area contributed by atoms with E-state index in [9.17, 15) is 0 Å². The highest BCUT2D eigenvalue weighted by Crippen LogP contribution is 2.75. The van der Waals surface area contributed by atoms with Crippen molar-refractivity contribution < 1.29 is 4.74 Å². The van der Waals surface area contributed by atoms with Gasteiger partial charge >= 0.3 is 0 Å². The van der Waals surface area contributed by atoms with Crippen LogP contribution < -0.4 is 0 Å². The first-order valence-electron chi connectivity index (χ1n) is 7.05. The van der Waals surface area contributed by atoms with Crippen molar-refractivity contribution in [2.24, 2.45) is 0 Å². The molecule has 2 aliphatic heterocycles. The van der Waals surface area contributed by atoms with Crippen LogP contribution in [0.3, 0.4) is 0 Å². The van der Waals surface area contributed by atoms with Crippen LogP contribution in [-0.4, -0.2) is 0 Å². The molecule has 0 radical (unpaired) electrons. The van der Waals surface area contributed by atoms with E-state index in [4.69, 9.17) is 4.74 Å². The maximum Gasteiger partial charge on any atom is 0.0994 e. The Hall–Kier alpha value is -1.60. The highest BCUT2D eigenvalue weighted by atomic mass is 16.5. The first-order valence-corrected chi connectivity index (χ1v) is 7.05. The third kappa shape index (κ3) is 0.873. The molecule has 1 aliphatic carbocycles. The van der Waals surface area contributed by atoms with E-state index in [1.54, 1.807) is 0 Å². The monoisotopic (exact) mass is 248 g/mol. The van der Waals surface area contributed by atoms with Crippen molar-refractivity contribution >= 4 is 0 Å². The van der Waals surface area contributed by atoms with Crippen molar-refractivity contribution in [3.05, 3.63) is 70.8 Å². The quantitative estimate of drug-likeness (QED) is 0.683. The van der Waals surface area contributed by atoms with E-state index >= 15 is 0 Å². The van der Waals surface area contributed by atoms with E-state index in [-0.39, 0.29) is 11.2 Å². The molecule has 2 aromatic rings. The van der Waals surface area contributed by atoms with Crippen molar-refractivity contribution in [2.75, 3.05) is 0 Å². The smallest absolute Gasteiger partial charge is 0.0994 e. The molecular formula is C18H16O. The van der Waals surface area contributed by atoms with E-state index in [0.717, 1.165) is 0 Å². The lowest BCUT2D eigenvalue weighted by Gasteiger charge is -2.47. The molecule has 5 rings (SSSR count). The minimum absolute atomic E-state index is 0.135. The maximum atomic E-state index is 6.59. The summed E-state index contributed by atoms with van der Waals surface area (Å²) in [5, 5.41) is 0. The zero-order valence-corrected chi connectivity index (χ0v) is 11.2. The molecule has 0 aromatic heterocycles. The molecule has 3 aliphatic rings. The molecule has 94 valence electrons. The Morgan fingerprint density at radius 2 is 1.16 bits per heavy atom. The molecule has 1 saturated heterocycles. The summed E-state index contributed by atoms with van der Waals surface area (Å²) in [7, 11) is 0. The van der Waals surface area contributed by atoms with Gasteiger partial charge in [-0.1, -0.05) is 48.5 Å². The van der Waals surface area contributed by atoms with Gasteiger partial charge in [0.15, 0.2) is 0 Å². The Balaban J connectivity index is 1.84. The summed E-state index contributed by atoms with van der Waals surface area (Å²) in [5.74, 6) is 1.06. The van der Waals surface area contributed by atoms with Crippen LogP contribution in [-0.2, 0) is 15.9 Å². The summed E-state index contributed by atoms with van der Waals surface area (Å²) in [6.07, 6.45) is 0. The highest BCUT2D eigenvalue weighted by Gasteiger charge is 2.70. The molecule has 1 fully saturated rings. The first kappa shape index (κ1) is 10.2. The maximum absolute atomic E-state index is 6.59. The molecule has 2 bridgehead atoms. The molecule has 0 saturated carbocycles. The molecule has 19 heavy (non-hydrogen) atoms. The second-order valence-corrected chi connectivity index (χ2v) is 6.45. The van der Waals surface area contributed by atoms with Crippen LogP contribution in [0, 0.1) is 0 Å². The van der Waals surface area contributed by atoms with Crippen LogP contribution in [0.15, 0.2) is 48.5 Å². The third-order valence-electron chi connectivity index (χ3n) is 5.61. The molecule has 2 aromatic carbocycles. The van der Waals surface area contributed by atoms with Crippen LogP contribution in [0.2, 0.25) is 0 Å². The zero-order chi connectivity index (χ0) is 12.8. The predicted molar refractivity (Wildman–Crippen MR) is 74.2 cm³/mol. The summed E-state index contributed by atoms with van der Waals surface area (Å²) in [6, 6.07) is 17.6. The minimum Gasteiger partial charge on any atom is -0.358 e. The summed E-state index contributed by atoms with van der Waals surface area (Å²) in [6.45, 7) is 4.55. The van der Waals surface area contributed by atoms with Gasteiger partial charge in [0.1, 0.15) is 0 Å². The van der Waals surface area contributed by atoms with Gasteiger partial charge in [0.05, 0.1) is 11.2 Å². The van der Waals surface area contributed by atoms with Gasteiger partial charge in [-0.25, -0.2) is 0 Å². The Morgan fingerprint density at radius 3 is 1.63 bits per heavy atom. The number of hydrogen-bond donors (Lipinski definition) is 0. The average Bonchev–Trinajstić information content (AvgIpc) is 2.74. The third-order valence-corrected chi connectivity index (χ3v) is 5.61. The fourth-order valence-electron chi connectivity index (χ4n) is 4.93. The summed E-state index contributed by atoms with van der Waals surface area (Å²) in [5.41, 5.74) is 5.51. The average molecular weight is 248 g/mol. The topological polar surface area (TPSA) is 9.23 Å². The van der Waals surface area contributed by atoms with Gasteiger partial charge in [-0.3, -0.25) is 0 Å². The molecule has 1 heteroatoms. The molecule has 1 nitrogen and oxygen atoms in total. The van der Waals surface area contributed by atoms with Gasteiger partial charge in [0, 0.05) is 11.8 Å². The van der Waals surface area contributed by atoms with Crippen molar-refractivity contribution in [2.45, 2.75) is 36.9 Å². The predicted octanol–water partition coefficient (Wildman–Crippen LogP) is 4.04. The molecular weight excluding hydrogens is 232 g/mol. The second kappa shape index (κ2) is 2.78. The van der Waals surface area contributed by atoms with Gasteiger partial charge in [-0.15, -0.1) is 0 Å². The molecule has 0 N–H and O–H groups in total. The van der Waals surface area contributed by atoms with Crippen LogP contribution in [0.4, 0.5) is 0 Å². The van der Waals surface area contributed by atoms with Gasteiger partial charge in [-0.05, 0) is 36.1 Å². The lowest BCUT2D eigenvalue weighted by atomic mass is 9.53. The summed E-state index contributed by atoms with van der Waals surface area (Å²) < 4.78 is 6.59. The van der Waals surface area contributed by atoms with Gasteiger partial charge in [0.25, 0.3) is 0 Å². The Morgan fingerprint density at radius 1 is 0.737 bits per heavy atom. The fourth-order valence-corrected chi connectivity index (χ4v) is 4.93. The number of rotatable bonds is 0. The Bertz CT molecular complexity index is 659. The molecule has 4 unspecified atom stereocenters. The summed E-state index contributed by atoms with van der Waals surface area (Å²) in [4.78, 5) is 0. The number of ether oxygens (including phenoxy) is 1. The Labute approximate surface area is 113 Å². The number of hydrogen-bond acceptors (Lipinski definition) is 1. The van der Waals surface area contributed by atoms with E-state index < -0.39 is 0 Å². The van der Waals surface area contributed by atoms with Gasteiger partial charge in [0.2, 0.25) is 0 Å². The molecule has 0 spiro atoms. The van der Waals surface area contributed by atoms with Crippen LogP contribution >= 0.6 is 0 Å². The molecule has 0 amide bonds. The number of fused-ring (bicyclic) bond motifs is 11.